The van der Waals surface area contributed by atoms with Crippen LogP contribution in [0.15, 0.2) is 42.5 Å². The van der Waals surface area contributed by atoms with Crippen LogP contribution in [0.25, 0.3) is 0 Å². The van der Waals surface area contributed by atoms with E-state index < -0.39 is 0 Å². The van der Waals surface area contributed by atoms with E-state index in [0.29, 0.717) is 17.2 Å². The predicted octanol–water partition coefficient (Wildman–Crippen LogP) is 4.24. The third-order valence-corrected chi connectivity index (χ3v) is 7.56. The molecular formula is C28H36N4O3. The molecule has 7 nitrogen and oxygen atoms in total. The molecule has 1 saturated carbocycles. The Morgan fingerprint density at radius 2 is 1.51 bits per heavy atom. The fourth-order valence-electron chi connectivity index (χ4n) is 5.11. The largest absolute Gasteiger partial charge is 0.495 e. The summed E-state index contributed by atoms with van der Waals surface area (Å²) >= 11 is 0. The third-order valence-electron chi connectivity index (χ3n) is 7.56. The lowest BCUT2D eigenvalue weighted by molar-refractivity contribution is -0.117. The molecule has 1 aliphatic carbocycles. The van der Waals surface area contributed by atoms with Gasteiger partial charge >= 0.3 is 0 Å². The van der Waals surface area contributed by atoms with Crippen LogP contribution in [0, 0.1) is 11.8 Å². The van der Waals surface area contributed by atoms with Crippen LogP contribution in [0.5, 0.6) is 5.75 Å². The average Bonchev–Trinajstić information content (AvgIpc) is 3.75. The van der Waals surface area contributed by atoms with Crippen molar-refractivity contribution < 1.29 is 14.3 Å². The lowest BCUT2D eigenvalue weighted by Gasteiger charge is -2.39. The first-order valence-corrected chi connectivity index (χ1v) is 12.9. The van der Waals surface area contributed by atoms with Gasteiger partial charge in [0.1, 0.15) is 5.75 Å². The summed E-state index contributed by atoms with van der Waals surface area (Å²) in [6.07, 6.45) is 3.99. The molecule has 2 aromatic rings. The lowest BCUT2D eigenvalue weighted by atomic mass is 9.98. The van der Waals surface area contributed by atoms with E-state index in [4.69, 9.17) is 4.74 Å². The first kappa shape index (κ1) is 23.5. The Labute approximate surface area is 208 Å². The SMILES string of the molecule is COc1ccccc1N1CCN(c2ccc(NC(=O)C3CC3)cc2C(=O)N2CCC(C)CC2)CC1. The fourth-order valence-corrected chi connectivity index (χ4v) is 5.11. The van der Waals surface area contributed by atoms with E-state index in [1.165, 1.54) is 0 Å². The lowest BCUT2D eigenvalue weighted by Crippen LogP contribution is -2.47. The molecule has 3 aliphatic rings. The number of hydrogen-bond donors (Lipinski definition) is 1. The van der Waals surface area contributed by atoms with Crippen molar-refractivity contribution in [2.24, 2.45) is 11.8 Å². The number of nitrogens with one attached hydrogen (secondary N) is 1. The van der Waals surface area contributed by atoms with Crippen LogP contribution in [0.2, 0.25) is 0 Å². The van der Waals surface area contributed by atoms with Crippen LogP contribution < -0.4 is 19.9 Å². The molecule has 186 valence electrons. The predicted molar refractivity (Wildman–Crippen MR) is 140 cm³/mol. The first-order valence-electron chi connectivity index (χ1n) is 12.9. The van der Waals surface area contributed by atoms with Crippen molar-refractivity contribution in [3.05, 3.63) is 48.0 Å². The molecule has 0 aromatic heterocycles. The zero-order valence-electron chi connectivity index (χ0n) is 20.8. The van der Waals surface area contributed by atoms with Gasteiger partial charge in [0.15, 0.2) is 0 Å². The van der Waals surface area contributed by atoms with Gasteiger partial charge in [0, 0.05) is 56.6 Å². The molecule has 0 bridgehead atoms. The van der Waals surface area contributed by atoms with E-state index in [1.54, 1.807) is 7.11 Å². The fraction of sp³-hybridized carbons (Fsp3) is 0.500. The molecule has 3 fully saturated rings. The van der Waals surface area contributed by atoms with Gasteiger partial charge in [0.05, 0.1) is 18.4 Å². The number of carbonyl (C=O) groups is 2. The van der Waals surface area contributed by atoms with Crippen molar-refractivity contribution in [3.63, 3.8) is 0 Å². The van der Waals surface area contributed by atoms with Gasteiger partial charge < -0.3 is 24.8 Å². The second-order valence-electron chi connectivity index (χ2n) is 10.1. The monoisotopic (exact) mass is 476 g/mol. The number of methoxy groups -OCH3 is 1. The van der Waals surface area contributed by atoms with Crippen LogP contribution in [-0.2, 0) is 4.79 Å². The zero-order chi connectivity index (χ0) is 24.4. The Hall–Kier alpha value is -3.22. The Balaban J connectivity index is 1.36. The molecule has 2 saturated heterocycles. The van der Waals surface area contributed by atoms with Gasteiger partial charge in [-0.05, 0) is 61.9 Å². The van der Waals surface area contributed by atoms with Crippen molar-refractivity contribution in [1.29, 1.82) is 0 Å². The quantitative estimate of drug-likeness (QED) is 0.676. The number of carbonyl (C=O) groups excluding carboxylic acids is 2. The minimum atomic E-state index is 0.0633. The number of piperidine rings is 1. The van der Waals surface area contributed by atoms with Gasteiger partial charge in [-0.3, -0.25) is 9.59 Å². The summed E-state index contributed by atoms with van der Waals surface area (Å²) in [5, 5.41) is 3.03. The molecule has 2 aliphatic heterocycles. The number of hydrogen-bond acceptors (Lipinski definition) is 5. The zero-order valence-corrected chi connectivity index (χ0v) is 20.8. The van der Waals surface area contributed by atoms with Crippen LogP contribution in [0.4, 0.5) is 17.1 Å². The summed E-state index contributed by atoms with van der Waals surface area (Å²) in [5.41, 5.74) is 3.47. The normalized spacial score (nSPS) is 19.0. The summed E-state index contributed by atoms with van der Waals surface area (Å²) < 4.78 is 5.56. The molecule has 2 heterocycles. The first-order chi connectivity index (χ1) is 17.0. The maximum absolute atomic E-state index is 13.7. The Morgan fingerprint density at radius 1 is 0.857 bits per heavy atom. The Bertz CT molecular complexity index is 1070. The number of anilines is 3. The van der Waals surface area contributed by atoms with Crippen LogP contribution in [0.3, 0.4) is 0 Å². The summed E-state index contributed by atoms with van der Waals surface area (Å²) in [7, 11) is 1.71. The van der Waals surface area contributed by atoms with E-state index in [0.717, 1.165) is 82.1 Å². The molecule has 7 heteroatoms. The Kier molecular flexibility index (Phi) is 6.84. The van der Waals surface area contributed by atoms with Crippen LogP contribution >= 0.6 is 0 Å². The minimum absolute atomic E-state index is 0.0633. The third kappa shape index (κ3) is 5.24. The molecule has 5 rings (SSSR count). The summed E-state index contributed by atoms with van der Waals surface area (Å²) in [4.78, 5) is 32.7. The van der Waals surface area contributed by atoms with Crippen molar-refractivity contribution >= 4 is 28.9 Å². The number of rotatable bonds is 6. The van der Waals surface area contributed by atoms with Gasteiger partial charge in [-0.25, -0.2) is 0 Å². The number of ether oxygens (including phenoxy) is 1. The van der Waals surface area contributed by atoms with E-state index in [1.807, 2.05) is 41.3 Å². The smallest absolute Gasteiger partial charge is 0.256 e. The number of benzene rings is 2. The molecule has 1 N–H and O–H groups in total. The molecule has 2 amide bonds. The molecule has 2 aromatic carbocycles. The number of nitrogens with zero attached hydrogens (tertiary/aromatic N) is 3. The van der Waals surface area contributed by atoms with Gasteiger partial charge in [-0.1, -0.05) is 19.1 Å². The van der Waals surface area contributed by atoms with Crippen molar-refractivity contribution in [2.45, 2.75) is 32.6 Å². The second kappa shape index (κ2) is 10.2. The van der Waals surface area contributed by atoms with Gasteiger partial charge in [-0.15, -0.1) is 0 Å². The molecule has 0 atom stereocenters. The average molecular weight is 477 g/mol. The summed E-state index contributed by atoms with van der Waals surface area (Å²) in [6.45, 7) is 7.14. The molecule has 0 spiro atoms. The van der Waals surface area contributed by atoms with Gasteiger partial charge in [0.2, 0.25) is 5.91 Å². The molecule has 35 heavy (non-hydrogen) atoms. The molecule has 0 unspecified atom stereocenters. The summed E-state index contributed by atoms with van der Waals surface area (Å²) in [6, 6.07) is 14.0. The number of likely N-dealkylation sites (tertiary alicyclic amines) is 1. The van der Waals surface area contributed by atoms with E-state index in [9.17, 15) is 9.59 Å². The maximum Gasteiger partial charge on any atom is 0.256 e. The summed E-state index contributed by atoms with van der Waals surface area (Å²) in [5.74, 6) is 1.80. The van der Waals surface area contributed by atoms with Gasteiger partial charge in [0.25, 0.3) is 5.91 Å². The highest BCUT2D eigenvalue weighted by atomic mass is 16.5. The number of piperazine rings is 1. The van der Waals surface area contributed by atoms with Crippen molar-refractivity contribution in [1.82, 2.24) is 4.90 Å². The molecule has 0 radical (unpaired) electrons. The van der Waals surface area contributed by atoms with E-state index in [-0.39, 0.29) is 17.7 Å². The van der Waals surface area contributed by atoms with Crippen molar-refractivity contribution in [3.8, 4) is 5.75 Å². The highest BCUT2D eigenvalue weighted by Gasteiger charge is 2.31. The van der Waals surface area contributed by atoms with E-state index >= 15 is 0 Å². The van der Waals surface area contributed by atoms with Crippen LogP contribution in [-0.4, -0.2) is 63.1 Å². The van der Waals surface area contributed by atoms with E-state index in [2.05, 4.69) is 28.1 Å². The Morgan fingerprint density at radius 3 is 2.17 bits per heavy atom. The number of para-hydroxylation sites is 2. The topological polar surface area (TPSA) is 65.1 Å². The highest BCUT2D eigenvalue weighted by molar-refractivity contribution is 6.02. The van der Waals surface area contributed by atoms with Gasteiger partial charge in [-0.2, -0.15) is 0 Å². The highest BCUT2D eigenvalue weighted by Crippen LogP contribution is 2.33. The number of amides is 2. The second-order valence-corrected chi connectivity index (χ2v) is 10.1. The molecular weight excluding hydrogens is 440 g/mol. The van der Waals surface area contributed by atoms with Crippen LogP contribution in [0.1, 0.15) is 43.0 Å². The van der Waals surface area contributed by atoms with Crippen molar-refractivity contribution in [2.75, 3.05) is 61.5 Å². The maximum atomic E-state index is 13.7. The minimum Gasteiger partial charge on any atom is -0.495 e. The standard InChI is InChI=1S/C28H36N4O3/c1-20-11-13-32(14-12-20)28(34)23-19-22(29-27(33)21-7-8-21)9-10-24(23)30-15-17-31(18-16-30)25-5-3-4-6-26(25)35-2/h3-6,9-10,19-21H,7-8,11-18H2,1-2H3,(H,29,33).